The molecule has 0 spiro atoms. The van der Waals surface area contributed by atoms with E-state index >= 15 is 0 Å². The van der Waals surface area contributed by atoms with Gasteiger partial charge in [-0.3, -0.25) is 4.98 Å². The van der Waals surface area contributed by atoms with Crippen LogP contribution in [0.15, 0.2) is 34.9 Å². The Hall–Kier alpha value is -1.42. The zero-order valence-corrected chi connectivity index (χ0v) is 8.65. The summed E-state index contributed by atoms with van der Waals surface area (Å²) in [5.74, 6) is -0.935. The summed E-state index contributed by atoms with van der Waals surface area (Å²) in [5.41, 5.74) is 0.948. The van der Waals surface area contributed by atoms with Gasteiger partial charge in [0, 0.05) is 16.1 Å². The molecule has 14 heavy (non-hydrogen) atoms. The largest absolute Gasteiger partial charge is 0.478 e. The number of hydrogen-bond donors (Lipinski definition) is 1. The van der Waals surface area contributed by atoms with Crippen LogP contribution < -0.4 is 0 Å². The fraction of sp³-hybridized carbons (Fsp3) is 0. The molecule has 1 aromatic heterocycles. The van der Waals surface area contributed by atoms with E-state index in [2.05, 4.69) is 20.9 Å². The molecule has 0 aliphatic carbocycles. The van der Waals surface area contributed by atoms with E-state index in [0.29, 0.717) is 10.9 Å². The molecular weight excluding hydrogens is 246 g/mol. The molecule has 0 radical (unpaired) electrons. The van der Waals surface area contributed by atoms with Gasteiger partial charge >= 0.3 is 5.97 Å². The van der Waals surface area contributed by atoms with Gasteiger partial charge in [-0.15, -0.1) is 0 Å². The smallest absolute Gasteiger partial charge is 0.336 e. The van der Waals surface area contributed by atoms with Gasteiger partial charge in [0.2, 0.25) is 0 Å². The lowest BCUT2D eigenvalue weighted by molar-refractivity contribution is 0.0699. The molecule has 3 nitrogen and oxygen atoms in total. The number of aromatic carboxylic acids is 1. The standard InChI is InChI=1S/C10H6BrNO2/c11-8-4-3-7(10(13)14)6-2-1-5-12-9(6)8/h1-5H,(H,13,14). The molecule has 0 atom stereocenters. The average Bonchev–Trinajstić information content (AvgIpc) is 2.18. The van der Waals surface area contributed by atoms with E-state index in [1.54, 1.807) is 30.5 Å². The lowest BCUT2D eigenvalue weighted by atomic mass is 10.1. The van der Waals surface area contributed by atoms with E-state index in [9.17, 15) is 4.79 Å². The number of rotatable bonds is 1. The minimum absolute atomic E-state index is 0.274. The minimum Gasteiger partial charge on any atom is -0.478 e. The van der Waals surface area contributed by atoms with Crippen LogP contribution in [0.5, 0.6) is 0 Å². The van der Waals surface area contributed by atoms with Gasteiger partial charge in [0.15, 0.2) is 0 Å². The summed E-state index contributed by atoms with van der Waals surface area (Å²) >= 11 is 3.32. The van der Waals surface area contributed by atoms with Gasteiger partial charge < -0.3 is 5.11 Å². The number of carbonyl (C=O) groups is 1. The Morgan fingerprint density at radius 2 is 2.14 bits per heavy atom. The van der Waals surface area contributed by atoms with Crippen molar-refractivity contribution in [2.24, 2.45) is 0 Å². The first-order valence-corrected chi connectivity index (χ1v) is 4.76. The van der Waals surface area contributed by atoms with Gasteiger partial charge in [-0.25, -0.2) is 4.79 Å². The summed E-state index contributed by atoms with van der Waals surface area (Å²) in [4.78, 5) is 15.0. The van der Waals surface area contributed by atoms with Crippen LogP contribution in [-0.2, 0) is 0 Å². The lowest BCUT2D eigenvalue weighted by Gasteiger charge is -2.02. The van der Waals surface area contributed by atoms with Crippen LogP contribution >= 0.6 is 15.9 Å². The Bertz CT molecular complexity index is 510. The molecule has 0 unspecified atom stereocenters. The molecule has 1 aromatic carbocycles. The summed E-state index contributed by atoms with van der Waals surface area (Å²) in [6.07, 6.45) is 1.64. The molecule has 2 rings (SSSR count). The number of carboxylic acids is 1. The summed E-state index contributed by atoms with van der Waals surface area (Å²) in [5, 5.41) is 9.58. The van der Waals surface area contributed by atoms with Crippen LogP contribution in [0, 0.1) is 0 Å². The fourth-order valence-corrected chi connectivity index (χ4v) is 1.77. The van der Waals surface area contributed by atoms with Crippen LogP contribution in [0.25, 0.3) is 10.9 Å². The van der Waals surface area contributed by atoms with Crippen molar-refractivity contribution in [3.63, 3.8) is 0 Å². The number of benzene rings is 1. The van der Waals surface area contributed by atoms with E-state index in [-0.39, 0.29) is 5.56 Å². The summed E-state index contributed by atoms with van der Waals surface area (Å²) in [6, 6.07) is 6.73. The van der Waals surface area contributed by atoms with Gasteiger partial charge in [-0.1, -0.05) is 6.07 Å². The molecule has 0 amide bonds. The first-order chi connectivity index (χ1) is 6.70. The maximum atomic E-state index is 10.9. The predicted molar refractivity (Wildman–Crippen MR) is 56.4 cm³/mol. The quantitative estimate of drug-likeness (QED) is 0.848. The van der Waals surface area contributed by atoms with Crippen LogP contribution in [0.1, 0.15) is 10.4 Å². The zero-order chi connectivity index (χ0) is 10.1. The minimum atomic E-state index is -0.935. The van der Waals surface area contributed by atoms with Gasteiger partial charge in [0.25, 0.3) is 0 Å². The third-order valence-corrected chi connectivity index (χ3v) is 2.59. The van der Waals surface area contributed by atoms with Crippen molar-refractivity contribution in [2.75, 3.05) is 0 Å². The monoisotopic (exact) mass is 251 g/mol. The second kappa shape index (κ2) is 3.38. The molecule has 4 heteroatoms. The molecule has 0 saturated heterocycles. The summed E-state index contributed by atoms with van der Waals surface area (Å²) < 4.78 is 0.804. The van der Waals surface area contributed by atoms with Crippen molar-refractivity contribution in [3.8, 4) is 0 Å². The average molecular weight is 252 g/mol. The van der Waals surface area contributed by atoms with Crippen LogP contribution in [0.2, 0.25) is 0 Å². The molecule has 0 saturated carbocycles. The van der Waals surface area contributed by atoms with Crippen molar-refractivity contribution in [1.29, 1.82) is 0 Å². The van der Waals surface area contributed by atoms with Crippen molar-refractivity contribution in [2.45, 2.75) is 0 Å². The Labute approximate surface area is 88.5 Å². The molecule has 0 aliphatic rings. The van der Waals surface area contributed by atoms with E-state index in [1.165, 1.54) is 0 Å². The highest BCUT2D eigenvalue weighted by Crippen LogP contribution is 2.24. The molecule has 70 valence electrons. The van der Waals surface area contributed by atoms with Crippen LogP contribution in [0.4, 0.5) is 0 Å². The van der Waals surface area contributed by atoms with Crippen molar-refractivity contribution in [3.05, 3.63) is 40.5 Å². The third-order valence-electron chi connectivity index (χ3n) is 1.95. The van der Waals surface area contributed by atoms with Crippen LogP contribution in [-0.4, -0.2) is 16.1 Å². The molecular formula is C10H6BrNO2. The molecule has 2 aromatic rings. The second-order valence-corrected chi connectivity index (χ2v) is 3.65. The third kappa shape index (κ3) is 1.37. The Morgan fingerprint density at radius 1 is 1.36 bits per heavy atom. The normalized spacial score (nSPS) is 10.4. The van der Waals surface area contributed by atoms with Gasteiger partial charge in [0.05, 0.1) is 11.1 Å². The molecule has 0 bridgehead atoms. The van der Waals surface area contributed by atoms with E-state index in [1.807, 2.05) is 0 Å². The number of hydrogen-bond acceptors (Lipinski definition) is 2. The number of fused-ring (bicyclic) bond motifs is 1. The number of nitrogens with zero attached hydrogens (tertiary/aromatic N) is 1. The molecule has 1 N–H and O–H groups in total. The van der Waals surface area contributed by atoms with Crippen molar-refractivity contribution >= 4 is 32.8 Å². The lowest BCUT2D eigenvalue weighted by Crippen LogP contribution is -1.97. The van der Waals surface area contributed by atoms with E-state index in [4.69, 9.17) is 5.11 Å². The number of pyridine rings is 1. The maximum absolute atomic E-state index is 10.9. The SMILES string of the molecule is O=C(O)c1ccc(Br)c2ncccc12. The van der Waals surface area contributed by atoms with Crippen molar-refractivity contribution < 1.29 is 9.90 Å². The Balaban J connectivity index is 2.88. The first kappa shape index (κ1) is 9.15. The molecule has 0 aliphatic heterocycles. The summed E-state index contributed by atoms with van der Waals surface area (Å²) in [7, 11) is 0. The summed E-state index contributed by atoms with van der Waals surface area (Å²) in [6.45, 7) is 0. The van der Waals surface area contributed by atoms with E-state index < -0.39 is 5.97 Å². The Morgan fingerprint density at radius 3 is 2.86 bits per heavy atom. The second-order valence-electron chi connectivity index (χ2n) is 2.80. The number of carboxylic acid groups (broad SMARTS) is 1. The fourth-order valence-electron chi connectivity index (χ4n) is 1.32. The molecule has 1 heterocycles. The topological polar surface area (TPSA) is 50.2 Å². The van der Waals surface area contributed by atoms with Crippen LogP contribution in [0.3, 0.4) is 0 Å². The first-order valence-electron chi connectivity index (χ1n) is 3.96. The molecule has 0 fully saturated rings. The van der Waals surface area contributed by atoms with Gasteiger partial charge in [-0.2, -0.15) is 0 Å². The zero-order valence-electron chi connectivity index (χ0n) is 7.07. The van der Waals surface area contributed by atoms with Crippen molar-refractivity contribution in [1.82, 2.24) is 4.98 Å². The highest BCUT2D eigenvalue weighted by atomic mass is 79.9. The highest BCUT2D eigenvalue weighted by molar-refractivity contribution is 9.10. The van der Waals surface area contributed by atoms with Gasteiger partial charge in [0.1, 0.15) is 0 Å². The number of aromatic nitrogens is 1. The van der Waals surface area contributed by atoms with E-state index in [0.717, 1.165) is 4.47 Å². The van der Waals surface area contributed by atoms with Gasteiger partial charge in [-0.05, 0) is 34.1 Å². The predicted octanol–water partition coefficient (Wildman–Crippen LogP) is 2.70. The maximum Gasteiger partial charge on any atom is 0.336 e. The number of halogens is 1. The Kier molecular flexibility index (Phi) is 2.21. The highest BCUT2D eigenvalue weighted by Gasteiger charge is 2.09.